The zero-order valence-electron chi connectivity index (χ0n) is 19.7. The third-order valence-corrected chi connectivity index (χ3v) is 10.3. The summed E-state index contributed by atoms with van der Waals surface area (Å²) in [6.07, 6.45) is 15.2. The molecule has 0 bridgehead atoms. The third-order valence-electron chi connectivity index (χ3n) is 10.3. The van der Waals surface area contributed by atoms with Gasteiger partial charge < -0.3 is 10.2 Å². The van der Waals surface area contributed by atoms with E-state index in [4.69, 9.17) is 0 Å². The highest BCUT2D eigenvalue weighted by Gasteiger charge is 2.61. The van der Waals surface area contributed by atoms with Crippen LogP contribution < -0.4 is 0 Å². The molecule has 2 nitrogen and oxygen atoms in total. The lowest BCUT2D eigenvalue weighted by molar-refractivity contribution is -0.105. The predicted octanol–water partition coefficient (Wildman–Crippen LogP) is 6.50. The van der Waals surface area contributed by atoms with E-state index < -0.39 is 5.60 Å². The van der Waals surface area contributed by atoms with Crippen LogP contribution in [0.15, 0.2) is 11.6 Å². The highest BCUT2D eigenvalue weighted by Crippen LogP contribution is 2.67. The molecule has 8 atom stereocenters. The molecule has 3 fully saturated rings. The lowest BCUT2D eigenvalue weighted by Crippen LogP contribution is -2.53. The van der Waals surface area contributed by atoms with Gasteiger partial charge in [-0.2, -0.15) is 0 Å². The van der Waals surface area contributed by atoms with Gasteiger partial charge in [-0.1, -0.05) is 52.2 Å². The summed E-state index contributed by atoms with van der Waals surface area (Å²) in [5.41, 5.74) is 1.68. The molecule has 29 heavy (non-hydrogen) atoms. The molecule has 2 N–H and O–H groups in total. The molecule has 166 valence electrons. The van der Waals surface area contributed by atoms with E-state index in [1.54, 1.807) is 5.57 Å². The summed E-state index contributed by atoms with van der Waals surface area (Å²) in [7, 11) is 0. The summed E-state index contributed by atoms with van der Waals surface area (Å²) in [6, 6.07) is 0. The van der Waals surface area contributed by atoms with Crippen molar-refractivity contribution in [3.05, 3.63) is 11.6 Å². The average molecular weight is 403 g/mol. The van der Waals surface area contributed by atoms with Crippen molar-refractivity contribution in [3.63, 3.8) is 0 Å². The first-order valence-electron chi connectivity index (χ1n) is 12.7. The van der Waals surface area contributed by atoms with E-state index in [1.165, 1.54) is 44.9 Å². The first-order valence-corrected chi connectivity index (χ1v) is 12.7. The van der Waals surface area contributed by atoms with E-state index in [2.05, 4.69) is 40.7 Å². The zero-order chi connectivity index (χ0) is 21.0. The van der Waals surface area contributed by atoms with Gasteiger partial charge in [0.15, 0.2) is 0 Å². The van der Waals surface area contributed by atoms with E-state index in [9.17, 15) is 10.2 Å². The summed E-state index contributed by atoms with van der Waals surface area (Å²) < 4.78 is 0. The molecule has 2 heteroatoms. The topological polar surface area (TPSA) is 40.5 Å². The average Bonchev–Trinajstić information content (AvgIpc) is 3.00. The van der Waals surface area contributed by atoms with Crippen LogP contribution in [0.2, 0.25) is 0 Å². The molecular formula is C27H46O2. The molecule has 4 aliphatic carbocycles. The number of aliphatic hydroxyl groups is 2. The van der Waals surface area contributed by atoms with Gasteiger partial charge in [-0.05, 0) is 105 Å². The van der Waals surface area contributed by atoms with Gasteiger partial charge in [0.25, 0.3) is 0 Å². The second kappa shape index (κ2) is 7.66. The van der Waals surface area contributed by atoms with Crippen LogP contribution in [0.1, 0.15) is 105 Å². The van der Waals surface area contributed by atoms with E-state index in [0.717, 1.165) is 49.4 Å². The minimum atomic E-state index is -0.514. The van der Waals surface area contributed by atoms with Gasteiger partial charge in [0.1, 0.15) is 0 Å². The van der Waals surface area contributed by atoms with Crippen molar-refractivity contribution < 1.29 is 10.2 Å². The van der Waals surface area contributed by atoms with Crippen LogP contribution in [0.5, 0.6) is 0 Å². The Morgan fingerprint density at radius 1 is 1.10 bits per heavy atom. The summed E-state index contributed by atoms with van der Waals surface area (Å²) in [6.45, 7) is 11.8. The van der Waals surface area contributed by atoms with Gasteiger partial charge in [0.2, 0.25) is 0 Å². The van der Waals surface area contributed by atoms with E-state index in [0.29, 0.717) is 16.7 Å². The van der Waals surface area contributed by atoms with E-state index in [1.807, 2.05) is 0 Å². The molecule has 0 aromatic heterocycles. The van der Waals surface area contributed by atoms with Gasteiger partial charge in [0, 0.05) is 0 Å². The molecule has 0 aromatic carbocycles. The maximum atomic E-state index is 11.6. The molecule has 0 radical (unpaired) electrons. The molecule has 0 aromatic rings. The fourth-order valence-electron chi connectivity index (χ4n) is 8.71. The molecule has 0 aliphatic heterocycles. The van der Waals surface area contributed by atoms with Crippen molar-refractivity contribution in [3.8, 4) is 0 Å². The van der Waals surface area contributed by atoms with Gasteiger partial charge in [-0.15, -0.1) is 0 Å². The molecular weight excluding hydrogens is 356 g/mol. The van der Waals surface area contributed by atoms with Crippen LogP contribution in [0, 0.1) is 40.4 Å². The standard InChI is InChI=1S/C27H46O2/c1-18(2)7-6-14-27(5,29)24-11-10-22-21-9-8-19-17-20(28)12-15-25(19,3)23(21)13-16-26(22,24)4/h8,18,20-24,28-29H,6-7,9-17H2,1-5H3/t20-,21?,22?,23?,24+,25+,26+,27+/m1/s1. The summed E-state index contributed by atoms with van der Waals surface area (Å²) in [5, 5.41) is 21.8. The van der Waals surface area contributed by atoms with Crippen molar-refractivity contribution in [1.29, 1.82) is 0 Å². The smallest absolute Gasteiger partial charge is 0.0653 e. The van der Waals surface area contributed by atoms with Gasteiger partial charge >= 0.3 is 0 Å². The third kappa shape index (κ3) is 3.65. The number of fused-ring (bicyclic) bond motifs is 5. The number of aliphatic hydroxyl groups excluding tert-OH is 1. The minimum Gasteiger partial charge on any atom is -0.393 e. The molecule has 4 rings (SSSR count). The number of hydrogen-bond donors (Lipinski definition) is 2. The van der Waals surface area contributed by atoms with Crippen molar-refractivity contribution >= 4 is 0 Å². The summed E-state index contributed by atoms with van der Waals surface area (Å²) >= 11 is 0. The lowest BCUT2D eigenvalue weighted by Gasteiger charge is -2.59. The fourth-order valence-corrected chi connectivity index (χ4v) is 8.71. The Kier molecular flexibility index (Phi) is 5.78. The van der Waals surface area contributed by atoms with Crippen LogP contribution >= 0.6 is 0 Å². The predicted molar refractivity (Wildman–Crippen MR) is 121 cm³/mol. The Hall–Kier alpha value is -0.340. The summed E-state index contributed by atoms with van der Waals surface area (Å²) in [4.78, 5) is 0. The van der Waals surface area contributed by atoms with Crippen molar-refractivity contribution in [1.82, 2.24) is 0 Å². The Morgan fingerprint density at radius 3 is 2.59 bits per heavy atom. The van der Waals surface area contributed by atoms with Gasteiger partial charge in [-0.3, -0.25) is 0 Å². The fraction of sp³-hybridized carbons (Fsp3) is 0.926. The quantitative estimate of drug-likeness (QED) is 0.515. The van der Waals surface area contributed by atoms with Crippen LogP contribution in [-0.2, 0) is 0 Å². The Labute approximate surface area is 179 Å². The zero-order valence-corrected chi connectivity index (χ0v) is 19.7. The van der Waals surface area contributed by atoms with Crippen LogP contribution in [0.25, 0.3) is 0 Å². The first kappa shape index (κ1) is 21.9. The SMILES string of the molecule is CC(C)CCC[C@](C)(O)[C@H]1CCC2C3CC=C4C[C@H](O)CC[C@]4(C)C3CC[C@@]21C. The Bertz CT molecular complexity index is 634. The second-order valence-electron chi connectivity index (χ2n) is 12.5. The number of rotatable bonds is 5. The molecule has 0 spiro atoms. The van der Waals surface area contributed by atoms with E-state index >= 15 is 0 Å². The largest absolute Gasteiger partial charge is 0.393 e. The molecule has 0 amide bonds. The monoisotopic (exact) mass is 402 g/mol. The highest BCUT2D eigenvalue weighted by atomic mass is 16.3. The number of allylic oxidation sites excluding steroid dienone is 1. The normalized spacial score (nSPS) is 46.5. The summed E-state index contributed by atoms with van der Waals surface area (Å²) in [5.74, 6) is 3.53. The van der Waals surface area contributed by atoms with Crippen LogP contribution in [0.4, 0.5) is 0 Å². The van der Waals surface area contributed by atoms with Crippen molar-refractivity contribution in [2.45, 2.75) is 117 Å². The lowest BCUT2D eigenvalue weighted by atomic mass is 9.46. The molecule has 4 aliphatic rings. The van der Waals surface area contributed by atoms with Crippen molar-refractivity contribution in [2.75, 3.05) is 0 Å². The maximum Gasteiger partial charge on any atom is 0.0653 e. The van der Waals surface area contributed by atoms with Crippen LogP contribution in [0.3, 0.4) is 0 Å². The minimum absolute atomic E-state index is 0.114. The van der Waals surface area contributed by atoms with Crippen LogP contribution in [-0.4, -0.2) is 21.9 Å². The molecule has 0 heterocycles. The van der Waals surface area contributed by atoms with Gasteiger partial charge in [-0.25, -0.2) is 0 Å². The van der Waals surface area contributed by atoms with Crippen molar-refractivity contribution in [2.24, 2.45) is 40.4 Å². The second-order valence-corrected chi connectivity index (χ2v) is 12.5. The molecule has 3 unspecified atom stereocenters. The molecule has 3 saturated carbocycles. The highest BCUT2D eigenvalue weighted by molar-refractivity contribution is 5.25. The van der Waals surface area contributed by atoms with E-state index in [-0.39, 0.29) is 6.10 Å². The number of hydrogen-bond acceptors (Lipinski definition) is 2. The first-order chi connectivity index (χ1) is 13.6. The maximum absolute atomic E-state index is 11.6. The Morgan fingerprint density at radius 2 is 1.86 bits per heavy atom. The Balaban J connectivity index is 1.53. The van der Waals surface area contributed by atoms with Gasteiger partial charge in [0.05, 0.1) is 11.7 Å². The molecule has 0 saturated heterocycles.